The molecule has 0 amide bonds. The molecule has 0 radical (unpaired) electrons. The maximum Gasteiger partial charge on any atom is 0.138 e. The molecule has 86 valence electrons. The Morgan fingerprint density at radius 1 is 1.06 bits per heavy atom. The summed E-state index contributed by atoms with van der Waals surface area (Å²) in [4.78, 5) is 3.38. The van der Waals surface area contributed by atoms with Gasteiger partial charge in [-0.15, -0.1) is 10.2 Å². The predicted octanol–water partition coefficient (Wildman–Crippen LogP) is 0.386. The molecule has 1 aliphatic carbocycles. The van der Waals surface area contributed by atoms with Crippen LogP contribution in [-0.2, 0) is 4.74 Å². The van der Waals surface area contributed by atoms with Gasteiger partial charge in [-0.1, -0.05) is 0 Å². The Labute approximate surface area is 94.0 Å². The van der Waals surface area contributed by atoms with Crippen LogP contribution in [-0.4, -0.2) is 41.5 Å². The minimum Gasteiger partial charge on any atom is -0.380 e. The first-order chi connectivity index (χ1) is 7.85. The molecular weight excluding hydrogens is 204 g/mol. The normalized spacial score (nSPS) is 28.5. The molecule has 1 saturated carbocycles. The number of nitrogens with zero attached hydrogens (tertiary/aromatic N) is 2. The Bertz CT molecular complexity index is 400. The van der Waals surface area contributed by atoms with Crippen molar-refractivity contribution >= 4 is 0 Å². The summed E-state index contributed by atoms with van der Waals surface area (Å²) in [6, 6.07) is 0. The van der Waals surface area contributed by atoms with Crippen LogP contribution >= 0.6 is 0 Å². The SMILES string of the molecule is C1OCC1c1nnc(C2CC3(CNC3)C2)[nH]1. The number of nitrogens with one attached hydrogen (secondary N) is 2. The van der Waals surface area contributed by atoms with Gasteiger partial charge in [-0.25, -0.2) is 0 Å². The van der Waals surface area contributed by atoms with Crippen molar-refractivity contribution in [1.82, 2.24) is 20.5 Å². The molecule has 2 aliphatic heterocycles. The molecular formula is C11H16N4O. The van der Waals surface area contributed by atoms with Crippen LogP contribution < -0.4 is 5.32 Å². The summed E-state index contributed by atoms with van der Waals surface area (Å²) < 4.78 is 5.16. The Morgan fingerprint density at radius 2 is 1.75 bits per heavy atom. The van der Waals surface area contributed by atoms with Gasteiger partial charge in [-0.05, 0) is 18.3 Å². The molecule has 3 fully saturated rings. The molecule has 1 spiro atoms. The molecule has 0 bridgehead atoms. The summed E-state index contributed by atoms with van der Waals surface area (Å²) in [5.74, 6) is 3.19. The standard InChI is InChI=1S/C11H16N4O/c1-7(2-11(1)5-12-6-11)9-13-10(15-14-9)8-3-16-4-8/h7-8,12H,1-6H2,(H,13,14,15). The summed E-state index contributed by atoms with van der Waals surface area (Å²) in [6.07, 6.45) is 2.55. The van der Waals surface area contributed by atoms with Crippen LogP contribution in [0.5, 0.6) is 0 Å². The smallest absolute Gasteiger partial charge is 0.138 e. The van der Waals surface area contributed by atoms with E-state index in [0.29, 0.717) is 17.3 Å². The zero-order valence-corrected chi connectivity index (χ0v) is 9.20. The third-order valence-corrected chi connectivity index (χ3v) is 4.29. The quantitative estimate of drug-likeness (QED) is 0.756. The van der Waals surface area contributed by atoms with Crippen molar-refractivity contribution in [3.8, 4) is 0 Å². The van der Waals surface area contributed by atoms with Gasteiger partial charge in [0.05, 0.1) is 19.1 Å². The van der Waals surface area contributed by atoms with Crippen molar-refractivity contribution in [3.63, 3.8) is 0 Å². The lowest BCUT2D eigenvalue weighted by Crippen LogP contribution is -2.59. The number of H-pyrrole nitrogens is 1. The highest BCUT2D eigenvalue weighted by Gasteiger charge is 2.49. The van der Waals surface area contributed by atoms with Crippen molar-refractivity contribution in [2.75, 3.05) is 26.3 Å². The molecule has 2 saturated heterocycles. The molecule has 2 N–H and O–H groups in total. The van der Waals surface area contributed by atoms with E-state index in [2.05, 4.69) is 20.5 Å². The van der Waals surface area contributed by atoms with Crippen molar-refractivity contribution in [1.29, 1.82) is 0 Å². The average molecular weight is 220 g/mol. The van der Waals surface area contributed by atoms with Crippen LogP contribution in [0.1, 0.15) is 36.3 Å². The average Bonchev–Trinajstić information content (AvgIpc) is 2.44. The fourth-order valence-electron chi connectivity index (χ4n) is 3.00. The molecule has 3 aliphatic rings. The summed E-state index contributed by atoms with van der Waals surface area (Å²) >= 11 is 0. The summed E-state index contributed by atoms with van der Waals surface area (Å²) in [5.41, 5.74) is 0.608. The fraction of sp³-hybridized carbons (Fsp3) is 0.818. The maximum atomic E-state index is 5.16. The van der Waals surface area contributed by atoms with E-state index in [1.165, 1.54) is 25.9 Å². The highest BCUT2D eigenvalue weighted by Crippen LogP contribution is 2.52. The highest BCUT2D eigenvalue weighted by atomic mass is 16.5. The lowest BCUT2D eigenvalue weighted by atomic mass is 9.58. The van der Waals surface area contributed by atoms with E-state index >= 15 is 0 Å². The van der Waals surface area contributed by atoms with E-state index in [-0.39, 0.29) is 0 Å². The second-order valence-electron chi connectivity index (χ2n) is 5.54. The van der Waals surface area contributed by atoms with E-state index < -0.39 is 0 Å². The third-order valence-electron chi connectivity index (χ3n) is 4.29. The molecule has 1 aromatic heterocycles. The first-order valence-electron chi connectivity index (χ1n) is 6.06. The van der Waals surface area contributed by atoms with Crippen LogP contribution in [0.15, 0.2) is 0 Å². The molecule has 16 heavy (non-hydrogen) atoms. The van der Waals surface area contributed by atoms with Crippen LogP contribution in [0, 0.1) is 5.41 Å². The van der Waals surface area contributed by atoms with Crippen molar-refractivity contribution in [2.24, 2.45) is 5.41 Å². The van der Waals surface area contributed by atoms with E-state index in [4.69, 9.17) is 4.74 Å². The predicted molar refractivity (Wildman–Crippen MR) is 57.2 cm³/mol. The molecule has 4 rings (SSSR count). The number of aromatic amines is 1. The zero-order valence-electron chi connectivity index (χ0n) is 9.20. The monoisotopic (exact) mass is 220 g/mol. The summed E-state index contributed by atoms with van der Waals surface area (Å²) in [5, 5.41) is 11.9. The number of ether oxygens (including phenoxy) is 1. The Morgan fingerprint density at radius 3 is 2.25 bits per heavy atom. The number of hydrogen-bond donors (Lipinski definition) is 2. The zero-order chi connectivity index (χ0) is 10.6. The van der Waals surface area contributed by atoms with Gasteiger partial charge < -0.3 is 15.0 Å². The van der Waals surface area contributed by atoms with Gasteiger partial charge in [0.15, 0.2) is 0 Å². The van der Waals surface area contributed by atoms with Gasteiger partial charge in [-0.2, -0.15) is 0 Å². The lowest BCUT2D eigenvalue weighted by Gasteiger charge is -2.53. The molecule has 1 aromatic rings. The largest absolute Gasteiger partial charge is 0.380 e. The van der Waals surface area contributed by atoms with Gasteiger partial charge >= 0.3 is 0 Å². The first kappa shape index (κ1) is 9.13. The second kappa shape index (κ2) is 3.05. The number of rotatable bonds is 2. The second-order valence-corrected chi connectivity index (χ2v) is 5.54. The molecule has 5 heteroatoms. The number of hydrogen-bond acceptors (Lipinski definition) is 4. The summed E-state index contributed by atoms with van der Waals surface area (Å²) in [7, 11) is 0. The Hall–Kier alpha value is -0.940. The van der Waals surface area contributed by atoms with Crippen LogP contribution in [0.2, 0.25) is 0 Å². The van der Waals surface area contributed by atoms with Crippen LogP contribution in [0.4, 0.5) is 0 Å². The van der Waals surface area contributed by atoms with Gasteiger partial charge in [0.1, 0.15) is 11.6 Å². The van der Waals surface area contributed by atoms with Gasteiger partial charge in [0.2, 0.25) is 0 Å². The molecule has 3 heterocycles. The van der Waals surface area contributed by atoms with E-state index in [1.54, 1.807) is 0 Å². The number of aromatic nitrogens is 3. The van der Waals surface area contributed by atoms with Crippen molar-refractivity contribution < 1.29 is 4.74 Å². The van der Waals surface area contributed by atoms with Gasteiger partial charge in [-0.3, -0.25) is 0 Å². The molecule has 0 atom stereocenters. The molecule has 0 unspecified atom stereocenters. The van der Waals surface area contributed by atoms with Gasteiger partial charge in [0, 0.05) is 19.0 Å². The van der Waals surface area contributed by atoms with Crippen LogP contribution in [0.3, 0.4) is 0 Å². The topological polar surface area (TPSA) is 62.8 Å². The van der Waals surface area contributed by atoms with Crippen molar-refractivity contribution in [3.05, 3.63) is 11.6 Å². The van der Waals surface area contributed by atoms with E-state index in [0.717, 1.165) is 24.9 Å². The lowest BCUT2D eigenvalue weighted by molar-refractivity contribution is 0.00475. The van der Waals surface area contributed by atoms with Gasteiger partial charge in [0.25, 0.3) is 0 Å². The highest BCUT2D eigenvalue weighted by molar-refractivity contribution is 5.14. The maximum absolute atomic E-state index is 5.16. The van der Waals surface area contributed by atoms with Crippen LogP contribution in [0.25, 0.3) is 0 Å². The minimum absolute atomic E-state index is 0.459. The van der Waals surface area contributed by atoms with E-state index in [1.807, 2.05) is 0 Å². The van der Waals surface area contributed by atoms with E-state index in [9.17, 15) is 0 Å². The minimum atomic E-state index is 0.459. The van der Waals surface area contributed by atoms with Crippen molar-refractivity contribution in [2.45, 2.75) is 24.7 Å². The first-order valence-corrected chi connectivity index (χ1v) is 6.06. The summed E-state index contributed by atoms with van der Waals surface area (Å²) in [6.45, 7) is 3.99. The Balaban J connectivity index is 1.45. The third kappa shape index (κ3) is 1.18. The molecule has 0 aromatic carbocycles. The molecule has 5 nitrogen and oxygen atoms in total. The fourth-order valence-corrected chi connectivity index (χ4v) is 3.00. The Kier molecular flexibility index (Phi) is 1.74.